The average Bonchev–Trinajstić information content (AvgIpc) is 3.15. The van der Waals surface area contributed by atoms with Crippen LogP contribution in [0.4, 0.5) is 11.4 Å². The van der Waals surface area contributed by atoms with Crippen LogP contribution >= 0.6 is 0 Å². The third kappa shape index (κ3) is 2.31. The van der Waals surface area contributed by atoms with Crippen LogP contribution in [0.2, 0.25) is 0 Å². The van der Waals surface area contributed by atoms with Gasteiger partial charge in [-0.15, -0.1) is 0 Å². The van der Waals surface area contributed by atoms with Crippen LogP contribution < -0.4 is 11.1 Å². The van der Waals surface area contributed by atoms with Gasteiger partial charge >= 0.3 is 0 Å². The summed E-state index contributed by atoms with van der Waals surface area (Å²) in [6.45, 7) is 4.39. The summed E-state index contributed by atoms with van der Waals surface area (Å²) in [6, 6.07) is 5.11. The molecule has 2 rings (SSSR count). The number of benzene rings is 1. The maximum Gasteiger partial charge on any atom is 0.292 e. The van der Waals surface area contributed by atoms with Crippen LogP contribution in [0.3, 0.4) is 0 Å². The van der Waals surface area contributed by atoms with E-state index in [0.29, 0.717) is 18.2 Å². The highest BCUT2D eigenvalue weighted by Crippen LogP contribution is 2.42. The van der Waals surface area contributed by atoms with E-state index in [2.05, 4.69) is 5.32 Å². The topological polar surface area (TPSA) is 81.2 Å². The Morgan fingerprint density at radius 1 is 1.56 bits per heavy atom. The highest BCUT2D eigenvalue weighted by Gasteiger charge is 2.41. The summed E-state index contributed by atoms with van der Waals surface area (Å²) < 4.78 is 0. The molecule has 1 atom stereocenters. The largest absolute Gasteiger partial charge is 0.373 e. The Balaban J connectivity index is 2.35. The first-order valence-corrected chi connectivity index (χ1v) is 6.20. The molecule has 1 saturated carbocycles. The van der Waals surface area contributed by atoms with Crippen molar-refractivity contribution in [3.8, 4) is 0 Å². The molecule has 0 heterocycles. The number of nitro groups is 1. The number of anilines is 1. The number of para-hydroxylation sites is 1. The minimum Gasteiger partial charge on any atom is -0.373 e. The molecule has 0 saturated heterocycles. The van der Waals surface area contributed by atoms with E-state index in [4.69, 9.17) is 5.73 Å². The highest BCUT2D eigenvalue weighted by molar-refractivity contribution is 5.67. The minimum absolute atomic E-state index is 0.121. The Morgan fingerprint density at radius 3 is 2.72 bits per heavy atom. The van der Waals surface area contributed by atoms with Crippen LogP contribution in [0, 0.1) is 23.0 Å². The molecule has 0 bridgehead atoms. The zero-order valence-electron chi connectivity index (χ0n) is 10.8. The fraction of sp³-hybridized carbons (Fsp3) is 0.538. The number of nitrogens with zero attached hydrogens (tertiary/aromatic N) is 1. The van der Waals surface area contributed by atoms with Crippen molar-refractivity contribution in [2.24, 2.45) is 11.7 Å². The van der Waals surface area contributed by atoms with Crippen LogP contribution in [0.5, 0.6) is 0 Å². The summed E-state index contributed by atoms with van der Waals surface area (Å²) in [5.41, 5.74) is 7.19. The fourth-order valence-electron chi connectivity index (χ4n) is 2.29. The number of nitrogens with one attached hydrogen (secondary N) is 1. The molecular weight excluding hydrogens is 230 g/mol. The van der Waals surface area contributed by atoms with Crippen LogP contribution in [-0.4, -0.2) is 17.0 Å². The Bertz CT molecular complexity index is 471. The third-order valence-electron chi connectivity index (χ3n) is 3.76. The first-order valence-electron chi connectivity index (χ1n) is 6.20. The van der Waals surface area contributed by atoms with Crippen molar-refractivity contribution in [2.45, 2.75) is 32.2 Å². The van der Waals surface area contributed by atoms with Gasteiger partial charge in [-0.05, 0) is 38.2 Å². The molecule has 18 heavy (non-hydrogen) atoms. The van der Waals surface area contributed by atoms with Gasteiger partial charge < -0.3 is 11.1 Å². The van der Waals surface area contributed by atoms with Gasteiger partial charge in [0.1, 0.15) is 5.69 Å². The molecule has 98 valence electrons. The van der Waals surface area contributed by atoms with Gasteiger partial charge in [-0.25, -0.2) is 0 Å². The van der Waals surface area contributed by atoms with Crippen LogP contribution in [-0.2, 0) is 0 Å². The van der Waals surface area contributed by atoms with Crippen molar-refractivity contribution in [3.05, 3.63) is 33.9 Å². The molecule has 5 heteroatoms. The number of hydrogen-bond donors (Lipinski definition) is 2. The molecule has 3 N–H and O–H groups in total. The van der Waals surface area contributed by atoms with Crippen LogP contribution in [0.25, 0.3) is 0 Å². The van der Waals surface area contributed by atoms with Gasteiger partial charge in [-0.3, -0.25) is 10.1 Å². The molecule has 0 radical (unpaired) electrons. The molecule has 1 aromatic rings. The summed E-state index contributed by atoms with van der Waals surface area (Å²) in [7, 11) is 0. The monoisotopic (exact) mass is 249 g/mol. The van der Waals surface area contributed by atoms with Gasteiger partial charge in [0.2, 0.25) is 0 Å². The second-order valence-corrected chi connectivity index (χ2v) is 5.25. The van der Waals surface area contributed by atoms with Crippen LogP contribution in [0.15, 0.2) is 18.2 Å². The smallest absolute Gasteiger partial charge is 0.292 e. The maximum atomic E-state index is 11.1. The van der Waals surface area contributed by atoms with E-state index in [9.17, 15) is 10.1 Å². The zero-order valence-corrected chi connectivity index (χ0v) is 10.8. The second kappa shape index (κ2) is 4.57. The molecule has 1 aliphatic carbocycles. The molecule has 1 aliphatic rings. The lowest BCUT2D eigenvalue weighted by atomic mass is 9.94. The number of rotatable bonds is 5. The van der Waals surface area contributed by atoms with Crippen molar-refractivity contribution in [3.63, 3.8) is 0 Å². The van der Waals surface area contributed by atoms with Gasteiger partial charge in [0, 0.05) is 18.2 Å². The first kappa shape index (κ1) is 12.8. The van der Waals surface area contributed by atoms with E-state index >= 15 is 0 Å². The lowest BCUT2D eigenvalue weighted by molar-refractivity contribution is -0.384. The average molecular weight is 249 g/mol. The van der Waals surface area contributed by atoms with E-state index < -0.39 is 0 Å². The van der Waals surface area contributed by atoms with Crippen molar-refractivity contribution < 1.29 is 4.92 Å². The van der Waals surface area contributed by atoms with Crippen LogP contribution in [0.1, 0.15) is 25.3 Å². The van der Waals surface area contributed by atoms with Gasteiger partial charge in [-0.1, -0.05) is 12.1 Å². The quantitative estimate of drug-likeness (QED) is 0.620. The molecule has 0 amide bonds. The standard InChI is InChI=1S/C13H19N3O2/c1-9-4-3-5-11(16(17)18)12(9)15-13(2,8-14)10-6-7-10/h3-5,10,15H,6-8,14H2,1-2H3. The fourth-order valence-corrected chi connectivity index (χ4v) is 2.29. The van der Waals surface area contributed by atoms with Gasteiger partial charge in [-0.2, -0.15) is 0 Å². The van der Waals surface area contributed by atoms with Crippen molar-refractivity contribution >= 4 is 11.4 Å². The summed E-state index contributed by atoms with van der Waals surface area (Å²) in [6.07, 6.45) is 2.28. The molecule has 5 nitrogen and oxygen atoms in total. The summed E-state index contributed by atoms with van der Waals surface area (Å²) in [4.78, 5) is 10.7. The normalized spacial score (nSPS) is 18.2. The van der Waals surface area contributed by atoms with Gasteiger partial charge in [0.15, 0.2) is 0 Å². The number of nitro benzene ring substituents is 1. The Hall–Kier alpha value is -1.62. The molecule has 0 aliphatic heterocycles. The number of aryl methyl sites for hydroxylation is 1. The molecule has 1 unspecified atom stereocenters. The Labute approximate surface area is 107 Å². The lowest BCUT2D eigenvalue weighted by Gasteiger charge is -2.31. The minimum atomic E-state index is -0.348. The van der Waals surface area contributed by atoms with Crippen molar-refractivity contribution in [1.82, 2.24) is 0 Å². The summed E-state index contributed by atoms with van der Waals surface area (Å²) in [5, 5.41) is 14.4. The Kier molecular flexibility index (Phi) is 3.26. The van der Waals surface area contributed by atoms with E-state index in [-0.39, 0.29) is 16.1 Å². The van der Waals surface area contributed by atoms with E-state index in [1.807, 2.05) is 19.9 Å². The van der Waals surface area contributed by atoms with E-state index in [0.717, 1.165) is 18.4 Å². The Morgan fingerprint density at radius 2 is 2.22 bits per heavy atom. The van der Waals surface area contributed by atoms with E-state index in [1.54, 1.807) is 6.07 Å². The van der Waals surface area contributed by atoms with Gasteiger partial charge in [0.05, 0.1) is 4.92 Å². The molecule has 1 fully saturated rings. The predicted molar refractivity (Wildman–Crippen MR) is 71.6 cm³/mol. The van der Waals surface area contributed by atoms with E-state index in [1.165, 1.54) is 6.07 Å². The second-order valence-electron chi connectivity index (χ2n) is 5.25. The molecule has 0 spiro atoms. The number of nitrogens with two attached hydrogens (primary N) is 1. The van der Waals surface area contributed by atoms with Crippen molar-refractivity contribution in [1.29, 1.82) is 0 Å². The number of hydrogen-bond acceptors (Lipinski definition) is 4. The SMILES string of the molecule is Cc1cccc([N+](=O)[O-])c1NC(C)(CN)C1CC1. The predicted octanol–water partition coefficient (Wildman–Crippen LogP) is 2.44. The van der Waals surface area contributed by atoms with Gasteiger partial charge in [0.25, 0.3) is 5.69 Å². The maximum absolute atomic E-state index is 11.1. The van der Waals surface area contributed by atoms with Crippen molar-refractivity contribution in [2.75, 3.05) is 11.9 Å². The molecule has 0 aromatic heterocycles. The third-order valence-corrected chi connectivity index (χ3v) is 3.76. The first-order chi connectivity index (χ1) is 8.48. The summed E-state index contributed by atoms with van der Waals surface area (Å²) in [5.74, 6) is 0.515. The highest BCUT2D eigenvalue weighted by atomic mass is 16.6. The summed E-state index contributed by atoms with van der Waals surface area (Å²) >= 11 is 0. The molecule has 1 aromatic carbocycles. The zero-order chi connectivity index (χ0) is 13.3. The lowest BCUT2D eigenvalue weighted by Crippen LogP contribution is -2.45. The molecular formula is C13H19N3O2.